The first-order chi connectivity index (χ1) is 14.5. The third-order valence-electron chi connectivity index (χ3n) is 5.04. The minimum atomic E-state index is -0.543. The summed E-state index contributed by atoms with van der Waals surface area (Å²) in [5.74, 6) is -0.934. The number of carbonyl (C=O) groups is 1. The second-order valence-electron chi connectivity index (χ2n) is 7.21. The van der Waals surface area contributed by atoms with Crippen molar-refractivity contribution in [1.29, 1.82) is 0 Å². The lowest BCUT2D eigenvalue weighted by Gasteiger charge is -2.24. The van der Waals surface area contributed by atoms with Crippen LogP contribution in [0.25, 0.3) is 10.9 Å². The summed E-state index contributed by atoms with van der Waals surface area (Å²) in [5.41, 5.74) is 3.57. The van der Waals surface area contributed by atoms with Crippen LogP contribution in [0.4, 0.5) is 4.39 Å². The van der Waals surface area contributed by atoms with Gasteiger partial charge in [0.25, 0.3) is 5.91 Å². The van der Waals surface area contributed by atoms with Crippen molar-refractivity contribution in [3.63, 3.8) is 0 Å². The minimum Gasteiger partial charge on any atom is -0.330 e. The van der Waals surface area contributed by atoms with Crippen molar-refractivity contribution < 1.29 is 9.18 Å². The average molecular weight is 419 g/mol. The van der Waals surface area contributed by atoms with Gasteiger partial charge in [-0.15, -0.1) is 0 Å². The molecule has 0 spiro atoms. The van der Waals surface area contributed by atoms with Gasteiger partial charge in [-0.3, -0.25) is 4.79 Å². The molecule has 0 saturated heterocycles. The number of carbonyl (C=O) groups excluding carboxylic acids is 1. The van der Waals surface area contributed by atoms with Crippen LogP contribution in [-0.4, -0.2) is 15.8 Å². The molecule has 1 aromatic heterocycles. The van der Waals surface area contributed by atoms with Crippen LogP contribution in [0.5, 0.6) is 0 Å². The van der Waals surface area contributed by atoms with Crippen LogP contribution in [0, 0.1) is 12.7 Å². The molecule has 5 heteroatoms. The molecule has 30 heavy (non-hydrogen) atoms. The Bertz CT molecular complexity index is 1210. The van der Waals surface area contributed by atoms with Gasteiger partial charge in [0.2, 0.25) is 0 Å². The van der Waals surface area contributed by atoms with Crippen LogP contribution >= 0.6 is 11.6 Å². The molecule has 0 aliphatic carbocycles. The zero-order valence-corrected chi connectivity index (χ0v) is 17.2. The third-order valence-corrected chi connectivity index (χ3v) is 5.37. The van der Waals surface area contributed by atoms with E-state index in [-0.39, 0.29) is 12.1 Å². The SMILES string of the molecule is Cc1cccc2cc(CN(Cc3ccccc3)C(=O)c3ccccc3F)c(Cl)nc12. The molecular formula is C25H20ClFN2O. The smallest absolute Gasteiger partial charge is 0.257 e. The molecule has 0 bridgehead atoms. The van der Waals surface area contributed by atoms with Gasteiger partial charge < -0.3 is 4.90 Å². The van der Waals surface area contributed by atoms with E-state index in [1.165, 1.54) is 12.1 Å². The quantitative estimate of drug-likeness (QED) is 0.362. The van der Waals surface area contributed by atoms with Gasteiger partial charge in [0, 0.05) is 24.0 Å². The minimum absolute atomic E-state index is 0.0362. The predicted molar refractivity (Wildman–Crippen MR) is 118 cm³/mol. The van der Waals surface area contributed by atoms with Crippen LogP contribution in [0.1, 0.15) is 27.0 Å². The van der Waals surface area contributed by atoms with Gasteiger partial charge in [-0.1, -0.05) is 72.3 Å². The fourth-order valence-electron chi connectivity index (χ4n) is 3.49. The predicted octanol–water partition coefficient (Wildman–Crippen LogP) is 6.18. The van der Waals surface area contributed by atoms with Crippen molar-refractivity contribution in [2.75, 3.05) is 0 Å². The van der Waals surface area contributed by atoms with Gasteiger partial charge in [-0.2, -0.15) is 0 Å². The Balaban J connectivity index is 1.73. The van der Waals surface area contributed by atoms with E-state index in [1.54, 1.807) is 17.0 Å². The number of halogens is 2. The summed E-state index contributed by atoms with van der Waals surface area (Å²) < 4.78 is 14.3. The van der Waals surface area contributed by atoms with Crippen molar-refractivity contribution in [1.82, 2.24) is 9.88 Å². The summed E-state index contributed by atoms with van der Waals surface area (Å²) in [5, 5.41) is 1.29. The maximum atomic E-state index is 14.3. The molecule has 0 N–H and O–H groups in total. The van der Waals surface area contributed by atoms with E-state index < -0.39 is 11.7 Å². The van der Waals surface area contributed by atoms with Gasteiger partial charge in [0.05, 0.1) is 11.1 Å². The van der Waals surface area contributed by atoms with E-state index in [0.717, 1.165) is 27.6 Å². The second-order valence-corrected chi connectivity index (χ2v) is 7.57. The number of para-hydroxylation sites is 1. The molecule has 150 valence electrons. The number of fused-ring (bicyclic) bond motifs is 1. The van der Waals surface area contributed by atoms with E-state index in [4.69, 9.17) is 11.6 Å². The summed E-state index contributed by atoms with van der Waals surface area (Å²) >= 11 is 6.48. The fourth-order valence-corrected chi connectivity index (χ4v) is 3.69. The summed E-state index contributed by atoms with van der Waals surface area (Å²) in [6, 6.07) is 23.5. The number of hydrogen-bond acceptors (Lipinski definition) is 2. The van der Waals surface area contributed by atoms with Crippen molar-refractivity contribution >= 4 is 28.4 Å². The lowest BCUT2D eigenvalue weighted by molar-refractivity contribution is 0.0725. The van der Waals surface area contributed by atoms with E-state index in [2.05, 4.69) is 4.98 Å². The van der Waals surface area contributed by atoms with Crippen molar-refractivity contribution in [2.45, 2.75) is 20.0 Å². The standard InChI is InChI=1S/C25H20ClFN2O/c1-17-8-7-11-19-14-20(24(26)28-23(17)19)16-29(15-18-9-3-2-4-10-18)25(30)21-12-5-6-13-22(21)27/h2-14H,15-16H2,1H3. The zero-order chi connectivity index (χ0) is 21.1. The number of aryl methyl sites for hydroxylation is 1. The summed E-state index contributed by atoms with van der Waals surface area (Å²) in [4.78, 5) is 19.4. The molecule has 0 aliphatic rings. The topological polar surface area (TPSA) is 33.2 Å². The molecule has 1 amide bonds. The third kappa shape index (κ3) is 4.19. The maximum Gasteiger partial charge on any atom is 0.257 e. The molecule has 3 nitrogen and oxygen atoms in total. The van der Waals surface area contributed by atoms with E-state index >= 15 is 0 Å². The summed E-state index contributed by atoms with van der Waals surface area (Å²) in [6.45, 7) is 2.53. The first-order valence-corrected chi connectivity index (χ1v) is 10.0. The van der Waals surface area contributed by atoms with Gasteiger partial charge in [0.15, 0.2) is 0 Å². The fraction of sp³-hybridized carbons (Fsp3) is 0.120. The normalized spacial score (nSPS) is 10.9. The number of aromatic nitrogens is 1. The van der Waals surface area contributed by atoms with Crippen LogP contribution in [0.3, 0.4) is 0 Å². The highest BCUT2D eigenvalue weighted by Crippen LogP contribution is 2.25. The molecule has 3 aromatic carbocycles. The van der Waals surface area contributed by atoms with Crippen molar-refractivity contribution in [3.05, 3.63) is 112 Å². The molecule has 0 radical (unpaired) electrons. The van der Waals surface area contributed by atoms with Gasteiger partial charge in [-0.25, -0.2) is 9.37 Å². The Morgan fingerprint density at radius 1 is 0.967 bits per heavy atom. The molecule has 0 fully saturated rings. The highest BCUT2D eigenvalue weighted by Gasteiger charge is 2.21. The molecule has 0 unspecified atom stereocenters. The highest BCUT2D eigenvalue weighted by atomic mass is 35.5. The van der Waals surface area contributed by atoms with E-state index in [9.17, 15) is 9.18 Å². The lowest BCUT2D eigenvalue weighted by Crippen LogP contribution is -2.31. The Morgan fingerprint density at radius 2 is 1.70 bits per heavy atom. The molecule has 0 aliphatic heterocycles. The summed E-state index contributed by atoms with van der Waals surface area (Å²) in [7, 11) is 0. The number of benzene rings is 3. The number of amides is 1. The Morgan fingerprint density at radius 3 is 2.47 bits per heavy atom. The number of hydrogen-bond donors (Lipinski definition) is 0. The first kappa shape index (κ1) is 20.0. The zero-order valence-electron chi connectivity index (χ0n) is 16.5. The molecule has 1 heterocycles. The highest BCUT2D eigenvalue weighted by molar-refractivity contribution is 6.30. The molecular weight excluding hydrogens is 399 g/mol. The summed E-state index contributed by atoms with van der Waals surface area (Å²) in [6.07, 6.45) is 0. The Hall–Kier alpha value is -3.24. The molecule has 4 aromatic rings. The van der Waals surface area contributed by atoms with Gasteiger partial charge in [-0.05, 0) is 36.2 Å². The largest absolute Gasteiger partial charge is 0.330 e. The molecule has 4 rings (SSSR count). The maximum absolute atomic E-state index is 14.3. The van der Waals surface area contributed by atoms with Crippen molar-refractivity contribution in [2.24, 2.45) is 0 Å². The number of nitrogens with zero attached hydrogens (tertiary/aromatic N) is 2. The molecule has 0 atom stereocenters. The molecule has 0 saturated carbocycles. The van der Waals surface area contributed by atoms with E-state index in [0.29, 0.717) is 11.7 Å². The monoisotopic (exact) mass is 418 g/mol. The van der Waals surface area contributed by atoms with Crippen LogP contribution in [0.15, 0.2) is 78.9 Å². The number of pyridine rings is 1. The van der Waals surface area contributed by atoms with Crippen LogP contribution in [0.2, 0.25) is 5.15 Å². The second kappa shape index (κ2) is 8.64. The van der Waals surface area contributed by atoms with Crippen molar-refractivity contribution in [3.8, 4) is 0 Å². The van der Waals surface area contributed by atoms with Crippen LogP contribution < -0.4 is 0 Å². The lowest BCUT2D eigenvalue weighted by atomic mass is 10.1. The number of rotatable bonds is 5. The Labute approximate surface area is 179 Å². The average Bonchev–Trinajstić information content (AvgIpc) is 2.75. The van der Waals surface area contributed by atoms with E-state index in [1.807, 2.05) is 61.5 Å². The Kier molecular flexibility index (Phi) is 5.77. The van der Waals surface area contributed by atoms with Gasteiger partial charge in [0.1, 0.15) is 11.0 Å². The van der Waals surface area contributed by atoms with Gasteiger partial charge >= 0.3 is 0 Å². The van der Waals surface area contributed by atoms with Crippen LogP contribution in [-0.2, 0) is 13.1 Å². The first-order valence-electron chi connectivity index (χ1n) is 9.65.